The summed E-state index contributed by atoms with van der Waals surface area (Å²) in [6.07, 6.45) is 3.58. The van der Waals surface area contributed by atoms with Gasteiger partial charge in [-0.3, -0.25) is 14.4 Å². The molecule has 0 unspecified atom stereocenters. The van der Waals surface area contributed by atoms with Gasteiger partial charge >= 0.3 is 0 Å². The zero-order chi connectivity index (χ0) is 13.9. The largest absolute Gasteiger partial charge is 0.349 e. The highest BCUT2D eigenvalue weighted by Crippen LogP contribution is 2.43. The fourth-order valence-electron chi connectivity index (χ4n) is 3.43. The molecule has 3 aliphatic heterocycles. The van der Waals surface area contributed by atoms with Gasteiger partial charge in [-0.1, -0.05) is 30.4 Å². The summed E-state index contributed by atoms with van der Waals surface area (Å²) in [5.41, 5.74) is 0.573. The number of benzene rings is 1. The van der Waals surface area contributed by atoms with Crippen molar-refractivity contribution in [1.29, 1.82) is 0 Å². The van der Waals surface area contributed by atoms with Crippen molar-refractivity contribution in [1.82, 2.24) is 5.32 Å². The van der Waals surface area contributed by atoms with Gasteiger partial charge in [0.15, 0.2) is 0 Å². The molecule has 5 rings (SSSR count). The van der Waals surface area contributed by atoms with E-state index in [9.17, 15) is 14.4 Å². The summed E-state index contributed by atoms with van der Waals surface area (Å²) in [6, 6.07) is 8.51. The van der Waals surface area contributed by atoms with Crippen LogP contribution >= 0.6 is 0 Å². The summed E-state index contributed by atoms with van der Waals surface area (Å²) in [6.45, 7) is 0. The minimum Gasteiger partial charge on any atom is -0.349 e. The number of hydrogen-bond donors (Lipinski definition) is 1. The first-order valence-corrected chi connectivity index (χ1v) is 6.60. The van der Waals surface area contributed by atoms with Crippen molar-refractivity contribution in [2.45, 2.75) is 6.04 Å². The number of carbonyl (C=O) groups excluding carboxylic acids is 3. The van der Waals surface area contributed by atoms with Crippen LogP contribution in [0.3, 0.4) is 0 Å². The molecule has 0 spiro atoms. The third-order valence-electron chi connectivity index (χ3n) is 4.32. The van der Waals surface area contributed by atoms with Gasteiger partial charge in [-0.2, -0.15) is 0 Å². The normalized spacial score (nSPS) is 34.4. The number of amides is 3. The van der Waals surface area contributed by atoms with Crippen LogP contribution < -0.4 is 10.2 Å². The molecule has 20 heavy (non-hydrogen) atoms. The number of fused-ring (bicyclic) bond motifs is 1. The van der Waals surface area contributed by atoms with Gasteiger partial charge in [-0.05, 0) is 12.1 Å². The van der Waals surface area contributed by atoms with E-state index >= 15 is 0 Å². The summed E-state index contributed by atoms with van der Waals surface area (Å²) < 4.78 is 0. The van der Waals surface area contributed by atoms with Crippen molar-refractivity contribution in [3.8, 4) is 0 Å². The van der Waals surface area contributed by atoms with Crippen LogP contribution in [-0.4, -0.2) is 23.8 Å². The number of anilines is 1. The molecule has 5 nitrogen and oxygen atoms in total. The summed E-state index contributed by atoms with van der Waals surface area (Å²) >= 11 is 0. The molecule has 0 aromatic heterocycles. The predicted molar refractivity (Wildman–Crippen MR) is 70.5 cm³/mol. The fourth-order valence-corrected chi connectivity index (χ4v) is 3.43. The summed E-state index contributed by atoms with van der Waals surface area (Å²) in [5.74, 6) is -2.17. The van der Waals surface area contributed by atoms with E-state index in [1.54, 1.807) is 30.3 Å². The van der Waals surface area contributed by atoms with Crippen LogP contribution in [0.4, 0.5) is 5.69 Å². The summed E-state index contributed by atoms with van der Waals surface area (Å²) in [7, 11) is 0. The van der Waals surface area contributed by atoms with Crippen molar-refractivity contribution >= 4 is 23.4 Å². The van der Waals surface area contributed by atoms with Gasteiger partial charge < -0.3 is 5.32 Å². The molecule has 2 bridgehead atoms. The van der Waals surface area contributed by atoms with E-state index in [1.165, 1.54) is 4.90 Å². The molecule has 0 saturated carbocycles. The Morgan fingerprint density at radius 1 is 0.900 bits per heavy atom. The maximum Gasteiger partial charge on any atom is 0.240 e. The van der Waals surface area contributed by atoms with Crippen LogP contribution in [0.2, 0.25) is 0 Å². The SMILES string of the molecule is O=C1N[C@H]2C=C[C@H]1[C@H]1C(=O)N(c3ccccc3)C(=O)[C@H]12. The molecule has 3 amide bonds. The first kappa shape index (κ1) is 11.4. The highest BCUT2D eigenvalue weighted by Gasteiger charge is 2.59. The monoisotopic (exact) mass is 268 g/mol. The van der Waals surface area contributed by atoms with Crippen molar-refractivity contribution < 1.29 is 14.4 Å². The van der Waals surface area contributed by atoms with Gasteiger partial charge in [-0.15, -0.1) is 0 Å². The standard InChI is InChI=1S/C15H12N2O3/c18-13-9-6-7-10(16-13)12-11(9)14(19)17(15(12)20)8-4-2-1-3-5-8/h1-7,9-12H,(H,16,18)/t9-,10-,11+,12-/m0/s1. The quantitative estimate of drug-likeness (QED) is 0.595. The van der Waals surface area contributed by atoms with Crippen LogP contribution in [0.5, 0.6) is 0 Å². The molecule has 2 saturated heterocycles. The number of imide groups is 1. The van der Waals surface area contributed by atoms with Crippen LogP contribution in [0, 0.1) is 17.8 Å². The van der Waals surface area contributed by atoms with E-state index in [0.29, 0.717) is 5.69 Å². The minimum absolute atomic E-state index is 0.158. The molecule has 1 aromatic carbocycles. The highest BCUT2D eigenvalue weighted by atomic mass is 16.2. The maximum absolute atomic E-state index is 12.6. The van der Waals surface area contributed by atoms with E-state index in [4.69, 9.17) is 0 Å². The third-order valence-corrected chi connectivity index (χ3v) is 4.32. The molecule has 4 atom stereocenters. The van der Waals surface area contributed by atoms with E-state index in [-0.39, 0.29) is 23.8 Å². The number of carbonyl (C=O) groups is 3. The molecular formula is C15H12N2O3. The first-order valence-electron chi connectivity index (χ1n) is 6.60. The Kier molecular flexibility index (Phi) is 2.16. The second kappa shape index (κ2) is 3.79. The molecular weight excluding hydrogens is 256 g/mol. The Bertz CT molecular complexity index is 652. The van der Waals surface area contributed by atoms with Crippen molar-refractivity contribution in [3.05, 3.63) is 42.5 Å². The van der Waals surface area contributed by atoms with Crippen LogP contribution in [-0.2, 0) is 14.4 Å². The highest BCUT2D eigenvalue weighted by molar-refractivity contribution is 6.24. The number of rotatable bonds is 1. The van der Waals surface area contributed by atoms with Gasteiger partial charge in [0.05, 0.1) is 29.5 Å². The smallest absolute Gasteiger partial charge is 0.240 e. The van der Waals surface area contributed by atoms with E-state index in [0.717, 1.165) is 0 Å². The number of nitrogens with one attached hydrogen (secondary N) is 1. The Balaban J connectivity index is 1.79. The molecule has 1 N–H and O–H groups in total. The van der Waals surface area contributed by atoms with E-state index in [2.05, 4.69) is 5.32 Å². The average molecular weight is 268 g/mol. The number of hydrogen-bond acceptors (Lipinski definition) is 3. The number of para-hydroxylation sites is 1. The van der Waals surface area contributed by atoms with Crippen LogP contribution in [0.15, 0.2) is 42.5 Å². The van der Waals surface area contributed by atoms with Gasteiger partial charge in [0, 0.05) is 0 Å². The minimum atomic E-state index is -0.550. The van der Waals surface area contributed by atoms with Crippen molar-refractivity contribution in [2.24, 2.45) is 17.8 Å². The zero-order valence-electron chi connectivity index (χ0n) is 10.5. The molecule has 1 aliphatic carbocycles. The molecule has 1 aromatic rings. The second-order valence-corrected chi connectivity index (χ2v) is 5.34. The topological polar surface area (TPSA) is 66.5 Å². The number of piperidine rings is 1. The summed E-state index contributed by atoms with van der Waals surface area (Å²) in [5, 5.41) is 2.78. The maximum atomic E-state index is 12.6. The molecule has 3 heterocycles. The van der Waals surface area contributed by atoms with Gasteiger partial charge in [-0.25, -0.2) is 4.90 Å². The average Bonchev–Trinajstić information content (AvgIpc) is 2.74. The lowest BCUT2D eigenvalue weighted by atomic mass is 9.71. The Labute approximate surface area is 115 Å². The molecule has 100 valence electrons. The van der Waals surface area contributed by atoms with Crippen molar-refractivity contribution in [3.63, 3.8) is 0 Å². The van der Waals surface area contributed by atoms with E-state index < -0.39 is 17.8 Å². The van der Waals surface area contributed by atoms with Crippen LogP contribution in [0.25, 0.3) is 0 Å². The molecule has 0 radical (unpaired) electrons. The predicted octanol–water partition coefficient (Wildman–Crippen LogP) is 0.477. The van der Waals surface area contributed by atoms with Crippen LogP contribution in [0.1, 0.15) is 0 Å². The molecule has 5 heteroatoms. The zero-order valence-corrected chi connectivity index (χ0v) is 10.5. The third kappa shape index (κ3) is 1.29. The van der Waals surface area contributed by atoms with Gasteiger partial charge in [0.1, 0.15) is 0 Å². The lowest BCUT2D eigenvalue weighted by Crippen LogP contribution is -2.57. The van der Waals surface area contributed by atoms with E-state index in [1.807, 2.05) is 12.1 Å². The molecule has 2 fully saturated rings. The first-order chi connectivity index (χ1) is 9.68. The second-order valence-electron chi connectivity index (χ2n) is 5.34. The number of nitrogens with zero attached hydrogens (tertiary/aromatic N) is 1. The lowest BCUT2D eigenvalue weighted by molar-refractivity contribution is -0.137. The summed E-state index contributed by atoms with van der Waals surface area (Å²) in [4.78, 5) is 38.2. The molecule has 4 aliphatic rings. The van der Waals surface area contributed by atoms with Crippen molar-refractivity contribution in [2.75, 3.05) is 4.90 Å². The Morgan fingerprint density at radius 2 is 1.60 bits per heavy atom. The fraction of sp³-hybridized carbons (Fsp3) is 0.267. The van der Waals surface area contributed by atoms with Gasteiger partial charge in [0.2, 0.25) is 17.7 Å². The lowest BCUT2D eigenvalue weighted by Gasteiger charge is -2.38. The van der Waals surface area contributed by atoms with Gasteiger partial charge in [0.25, 0.3) is 0 Å². The Morgan fingerprint density at radius 3 is 2.30 bits per heavy atom. The Hall–Kier alpha value is -2.43.